The van der Waals surface area contributed by atoms with Crippen LogP contribution in [0.1, 0.15) is 23.1 Å². The zero-order valence-electron chi connectivity index (χ0n) is 15.2. The Labute approximate surface area is 160 Å². The molecule has 0 fully saturated rings. The van der Waals surface area contributed by atoms with Crippen molar-refractivity contribution in [3.63, 3.8) is 0 Å². The molecule has 0 bridgehead atoms. The molecule has 10 nitrogen and oxygen atoms in total. The molecular weight excluding hydrogens is 364 g/mol. The molecule has 1 aromatic heterocycles. The number of rotatable bonds is 8. The highest BCUT2D eigenvalue weighted by atomic mass is 16.4. The summed E-state index contributed by atoms with van der Waals surface area (Å²) in [6, 6.07) is 6.95. The van der Waals surface area contributed by atoms with Crippen molar-refractivity contribution < 1.29 is 19.5 Å². The van der Waals surface area contributed by atoms with Gasteiger partial charge in [-0.05, 0) is 5.56 Å². The van der Waals surface area contributed by atoms with Gasteiger partial charge in [0.1, 0.15) is 12.4 Å². The molecule has 0 radical (unpaired) electrons. The van der Waals surface area contributed by atoms with Gasteiger partial charge in [-0.15, -0.1) is 0 Å². The van der Waals surface area contributed by atoms with Crippen LogP contribution in [0.15, 0.2) is 36.7 Å². The average molecular weight is 384 g/mol. The van der Waals surface area contributed by atoms with Gasteiger partial charge in [0, 0.05) is 43.5 Å². The van der Waals surface area contributed by atoms with Crippen LogP contribution in [0.3, 0.4) is 0 Å². The average Bonchev–Trinajstić information content (AvgIpc) is 2.67. The number of hydrogen-bond donors (Lipinski definition) is 4. The van der Waals surface area contributed by atoms with Crippen molar-refractivity contribution in [1.29, 1.82) is 5.41 Å². The predicted octanol–water partition coefficient (Wildman–Crippen LogP) is 0.0906. The Morgan fingerprint density at radius 3 is 2.25 bits per heavy atom. The first-order chi connectivity index (χ1) is 13.3. The molecule has 0 unspecified atom stereocenters. The summed E-state index contributed by atoms with van der Waals surface area (Å²) in [5.74, 6) is -2.12. The number of hydrogen-bond acceptors (Lipinski definition) is 6. The van der Waals surface area contributed by atoms with Crippen LogP contribution in [0.5, 0.6) is 0 Å². The highest BCUT2D eigenvalue weighted by Crippen LogP contribution is 2.18. The number of nitrogen functional groups attached to an aromatic ring is 1. The number of aliphatic carboxylic acids is 1. The molecule has 0 aliphatic heterocycles. The number of carbonyl (C=O) groups is 3. The fraction of sp³-hybridized carbons (Fsp3) is 0.222. The SMILES string of the molecule is CC(=O)N(CCNC(=O)c1ncc(-c2ccc(C(=N)N)cc2)cn1)CC(=O)O. The Bertz CT molecular complexity index is 880. The molecule has 0 aliphatic rings. The van der Waals surface area contributed by atoms with Gasteiger partial charge in [-0.25, -0.2) is 9.97 Å². The fourth-order valence-corrected chi connectivity index (χ4v) is 2.33. The van der Waals surface area contributed by atoms with Gasteiger partial charge in [0.2, 0.25) is 11.7 Å². The second-order valence-corrected chi connectivity index (χ2v) is 5.88. The van der Waals surface area contributed by atoms with Gasteiger partial charge >= 0.3 is 5.97 Å². The van der Waals surface area contributed by atoms with Gasteiger partial charge in [-0.3, -0.25) is 19.8 Å². The van der Waals surface area contributed by atoms with E-state index in [1.165, 1.54) is 19.3 Å². The van der Waals surface area contributed by atoms with E-state index in [0.717, 1.165) is 10.5 Å². The summed E-state index contributed by atoms with van der Waals surface area (Å²) in [4.78, 5) is 43.3. The number of carbonyl (C=O) groups excluding carboxylic acids is 2. The number of nitrogens with one attached hydrogen (secondary N) is 2. The van der Waals surface area contributed by atoms with Gasteiger partial charge in [-0.1, -0.05) is 24.3 Å². The Morgan fingerprint density at radius 1 is 1.14 bits per heavy atom. The quantitative estimate of drug-likeness (QED) is 0.370. The van der Waals surface area contributed by atoms with E-state index in [-0.39, 0.29) is 24.7 Å². The van der Waals surface area contributed by atoms with E-state index in [4.69, 9.17) is 16.2 Å². The smallest absolute Gasteiger partial charge is 0.323 e. The van der Waals surface area contributed by atoms with Crippen LogP contribution in [0.25, 0.3) is 11.1 Å². The van der Waals surface area contributed by atoms with E-state index in [9.17, 15) is 14.4 Å². The first-order valence-corrected chi connectivity index (χ1v) is 8.30. The summed E-state index contributed by atoms with van der Waals surface area (Å²) in [6.07, 6.45) is 2.99. The predicted molar refractivity (Wildman–Crippen MR) is 101 cm³/mol. The minimum absolute atomic E-state index is 0.0264. The topological polar surface area (TPSA) is 162 Å². The minimum atomic E-state index is -1.13. The molecule has 0 saturated carbocycles. The molecule has 0 saturated heterocycles. The van der Waals surface area contributed by atoms with Crippen LogP contribution in [-0.2, 0) is 9.59 Å². The number of carboxylic acids is 1. The van der Waals surface area contributed by atoms with Crippen LogP contribution in [0.2, 0.25) is 0 Å². The lowest BCUT2D eigenvalue weighted by Crippen LogP contribution is -2.40. The standard InChI is InChI=1S/C18H20N6O4/c1-11(25)24(10-15(26)27)7-6-21-18(28)17-22-8-14(9-23-17)12-2-4-13(5-3-12)16(19)20/h2-5,8-9H,6-7,10H2,1H3,(H3,19,20)(H,21,28)(H,26,27). The number of nitrogens with zero attached hydrogens (tertiary/aromatic N) is 3. The second kappa shape index (κ2) is 9.21. The van der Waals surface area contributed by atoms with Crippen molar-refractivity contribution in [1.82, 2.24) is 20.2 Å². The van der Waals surface area contributed by atoms with Crippen molar-refractivity contribution in [3.05, 3.63) is 48.0 Å². The lowest BCUT2D eigenvalue weighted by atomic mass is 10.1. The number of nitrogens with two attached hydrogens (primary N) is 1. The van der Waals surface area contributed by atoms with Gasteiger partial charge < -0.3 is 21.1 Å². The van der Waals surface area contributed by atoms with Gasteiger partial charge in [0.05, 0.1) is 0 Å². The van der Waals surface area contributed by atoms with Crippen molar-refractivity contribution >= 4 is 23.6 Å². The maximum atomic E-state index is 12.1. The largest absolute Gasteiger partial charge is 0.480 e. The molecular formula is C18H20N6O4. The molecule has 1 heterocycles. The molecule has 0 aliphatic carbocycles. The van der Waals surface area contributed by atoms with Gasteiger partial charge in [0.15, 0.2) is 0 Å². The fourth-order valence-electron chi connectivity index (χ4n) is 2.33. The molecule has 2 rings (SSSR count). The number of benzene rings is 1. The third kappa shape index (κ3) is 5.59. The van der Waals surface area contributed by atoms with Gasteiger partial charge in [-0.2, -0.15) is 0 Å². The summed E-state index contributed by atoms with van der Waals surface area (Å²) < 4.78 is 0. The number of carboxylic acid groups (broad SMARTS) is 1. The molecule has 28 heavy (non-hydrogen) atoms. The van der Waals surface area contributed by atoms with E-state index in [0.29, 0.717) is 11.1 Å². The van der Waals surface area contributed by atoms with Crippen LogP contribution in [-0.4, -0.2) is 63.2 Å². The van der Waals surface area contributed by atoms with E-state index in [2.05, 4.69) is 15.3 Å². The van der Waals surface area contributed by atoms with E-state index < -0.39 is 24.3 Å². The molecule has 2 aromatic rings. The maximum Gasteiger partial charge on any atom is 0.323 e. The summed E-state index contributed by atoms with van der Waals surface area (Å²) in [5, 5.41) is 18.7. The Balaban J connectivity index is 1.95. The van der Waals surface area contributed by atoms with Crippen LogP contribution in [0, 0.1) is 5.41 Å². The maximum absolute atomic E-state index is 12.1. The highest BCUT2D eigenvalue weighted by Gasteiger charge is 2.14. The van der Waals surface area contributed by atoms with Crippen molar-refractivity contribution in [3.8, 4) is 11.1 Å². The third-order valence-electron chi connectivity index (χ3n) is 3.82. The molecule has 2 amide bonds. The monoisotopic (exact) mass is 384 g/mol. The minimum Gasteiger partial charge on any atom is -0.480 e. The Kier molecular flexibility index (Phi) is 6.74. The lowest BCUT2D eigenvalue weighted by molar-refractivity contribution is -0.143. The second-order valence-electron chi connectivity index (χ2n) is 5.88. The first-order valence-electron chi connectivity index (χ1n) is 8.30. The molecule has 0 atom stereocenters. The van der Waals surface area contributed by atoms with E-state index >= 15 is 0 Å². The van der Waals surface area contributed by atoms with Gasteiger partial charge in [0.25, 0.3) is 5.91 Å². The lowest BCUT2D eigenvalue weighted by Gasteiger charge is -2.18. The van der Waals surface area contributed by atoms with E-state index in [1.807, 2.05) is 0 Å². The van der Waals surface area contributed by atoms with Crippen LogP contribution >= 0.6 is 0 Å². The molecule has 5 N–H and O–H groups in total. The summed E-state index contributed by atoms with van der Waals surface area (Å²) in [5.41, 5.74) is 7.52. The van der Waals surface area contributed by atoms with Crippen molar-refractivity contribution in [2.24, 2.45) is 5.73 Å². The zero-order chi connectivity index (χ0) is 20.7. The number of amidine groups is 1. The molecule has 10 heteroatoms. The van der Waals surface area contributed by atoms with E-state index in [1.54, 1.807) is 24.3 Å². The molecule has 146 valence electrons. The van der Waals surface area contributed by atoms with Crippen LogP contribution < -0.4 is 11.1 Å². The Hall–Kier alpha value is -3.82. The number of aromatic nitrogens is 2. The zero-order valence-corrected chi connectivity index (χ0v) is 15.2. The molecule has 0 spiro atoms. The third-order valence-corrected chi connectivity index (χ3v) is 3.82. The summed E-state index contributed by atoms with van der Waals surface area (Å²) in [6.45, 7) is 0.964. The highest BCUT2D eigenvalue weighted by molar-refractivity contribution is 5.95. The first kappa shape index (κ1) is 20.5. The molecule has 1 aromatic carbocycles. The Morgan fingerprint density at radius 2 is 1.75 bits per heavy atom. The van der Waals surface area contributed by atoms with Crippen LogP contribution in [0.4, 0.5) is 0 Å². The van der Waals surface area contributed by atoms with Crippen molar-refractivity contribution in [2.75, 3.05) is 19.6 Å². The summed E-state index contributed by atoms with van der Waals surface area (Å²) in [7, 11) is 0. The number of amides is 2. The van der Waals surface area contributed by atoms with Crippen molar-refractivity contribution in [2.45, 2.75) is 6.92 Å². The summed E-state index contributed by atoms with van der Waals surface area (Å²) >= 11 is 0. The normalized spacial score (nSPS) is 10.2.